The summed E-state index contributed by atoms with van der Waals surface area (Å²) in [5.74, 6) is 0.0479. The van der Waals surface area contributed by atoms with E-state index in [2.05, 4.69) is 9.97 Å². The standard InChI is InChI=1S/C15H8N2O/c18-15-11-4-2-1-3-9(11)10-5-6-12-14(13(10)15)17-8-7-16-12/h1-8H. The lowest BCUT2D eigenvalue weighted by Gasteiger charge is -2.02. The number of ketones is 1. The number of hydrogen-bond acceptors (Lipinski definition) is 3. The van der Waals surface area contributed by atoms with Gasteiger partial charge in [0.05, 0.1) is 11.1 Å². The Morgan fingerprint density at radius 3 is 2.44 bits per heavy atom. The topological polar surface area (TPSA) is 42.9 Å². The first kappa shape index (κ1) is 9.48. The van der Waals surface area contributed by atoms with Crippen LogP contribution in [-0.4, -0.2) is 15.8 Å². The van der Waals surface area contributed by atoms with Gasteiger partial charge in [-0.2, -0.15) is 0 Å². The van der Waals surface area contributed by atoms with Crippen LogP contribution in [0.1, 0.15) is 15.9 Å². The first-order valence-corrected chi connectivity index (χ1v) is 5.74. The number of nitrogens with zero attached hydrogens (tertiary/aromatic N) is 2. The lowest BCUT2D eigenvalue weighted by Crippen LogP contribution is -1.98. The second kappa shape index (κ2) is 3.23. The van der Waals surface area contributed by atoms with E-state index in [1.165, 1.54) is 0 Å². The smallest absolute Gasteiger partial charge is 0.196 e. The molecule has 1 aliphatic carbocycles. The van der Waals surface area contributed by atoms with Crippen molar-refractivity contribution in [3.63, 3.8) is 0 Å². The van der Waals surface area contributed by atoms with Crippen molar-refractivity contribution in [1.29, 1.82) is 0 Å². The Bertz CT molecular complexity index is 808. The Morgan fingerprint density at radius 2 is 1.56 bits per heavy atom. The summed E-state index contributed by atoms with van der Waals surface area (Å²) >= 11 is 0. The van der Waals surface area contributed by atoms with Crippen molar-refractivity contribution in [3.8, 4) is 11.1 Å². The van der Waals surface area contributed by atoms with Crippen molar-refractivity contribution in [2.45, 2.75) is 0 Å². The maximum absolute atomic E-state index is 12.4. The molecule has 3 nitrogen and oxygen atoms in total. The van der Waals surface area contributed by atoms with Gasteiger partial charge in [0, 0.05) is 18.0 Å². The van der Waals surface area contributed by atoms with E-state index in [4.69, 9.17) is 0 Å². The summed E-state index contributed by atoms with van der Waals surface area (Å²) in [6.45, 7) is 0. The molecular formula is C15H8N2O. The summed E-state index contributed by atoms with van der Waals surface area (Å²) in [6, 6.07) is 11.5. The van der Waals surface area contributed by atoms with Crippen molar-refractivity contribution < 1.29 is 4.79 Å². The van der Waals surface area contributed by atoms with Crippen LogP contribution in [0, 0.1) is 0 Å². The fraction of sp³-hybridized carbons (Fsp3) is 0. The molecule has 0 radical (unpaired) electrons. The number of carbonyl (C=O) groups excluding carboxylic acids is 1. The molecular weight excluding hydrogens is 224 g/mol. The SMILES string of the molecule is O=C1c2ccccc2-c2ccc3nccnc3c21. The van der Waals surface area contributed by atoms with Gasteiger partial charge in [0.15, 0.2) is 5.78 Å². The van der Waals surface area contributed by atoms with Crippen molar-refractivity contribution in [1.82, 2.24) is 9.97 Å². The van der Waals surface area contributed by atoms with Crippen LogP contribution in [0.5, 0.6) is 0 Å². The minimum absolute atomic E-state index is 0.0479. The predicted molar refractivity (Wildman–Crippen MR) is 68.4 cm³/mol. The molecule has 0 saturated heterocycles. The fourth-order valence-corrected chi connectivity index (χ4v) is 2.54. The molecule has 0 atom stereocenters. The second-order valence-electron chi connectivity index (χ2n) is 4.29. The average molecular weight is 232 g/mol. The van der Waals surface area contributed by atoms with E-state index in [1.54, 1.807) is 12.4 Å². The molecule has 1 aliphatic rings. The van der Waals surface area contributed by atoms with Crippen molar-refractivity contribution in [2.75, 3.05) is 0 Å². The van der Waals surface area contributed by atoms with E-state index < -0.39 is 0 Å². The van der Waals surface area contributed by atoms with Gasteiger partial charge in [-0.3, -0.25) is 14.8 Å². The van der Waals surface area contributed by atoms with Crippen molar-refractivity contribution >= 4 is 16.8 Å². The summed E-state index contributed by atoms with van der Waals surface area (Å²) in [5, 5.41) is 0. The molecule has 2 aromatic carbocycles. The van der Waals surface area contributed by atoms with Crippen LogP contribution < -0.4 is 0 Å². The maximum Gasteiger partial charge on any atom is 0.196 e. The van der Waals surface area contributed by atoms with Gasteiger partial charge in [0.2, 0.25) is 0 Å². The minimum Gasteiger partial charge on any atom is -0.288 e. The first-order chi connectivity index (χ1) is 8.86. The molecule has 0 spiro atoms. The van der Waals surface area contributed by atoms with Gasteiger partial charge >= 0.3 is 0 Å². The largest absolute Gasteiger partial charge is 0.288 e. The van der Waals surface area contributed by atoms with E-state index in [0.717, 1.165) is 22.2 Å². The summed E-state index contributed by atoms with van der Waals surface area (Å²) < 4.78 is 0. The van der Waals surface area contributed by atoms with Crippen molar-refractivity contribution in [3.05, 3.63) is 59.9 Å². The Kier molecular flexibility index (Phi) is 1.70. The molecule has 1 aromatic heterocycles. The van der Waals surface area contributed by atoms with Gasteiger partial charge in [0.1, 0.15) is 5.52 Å². The zero-order chi connectivity index (χ0) is 12.1. The lowest BCUT2D eigenvalue weighted by molar-refractivity contribution is 0.104. The highest BCUT2D eigenvalue weighted by Gasteiger charge is 2.28. The molecule has 84 valence electrons. The van der Waals surface area contributed by atoms with Gasteiger partial charge in [-0.05, 0) is 17.2 Å². The van der Waals surface area contributed by atoms with Gasteiger partial charge in [-0.1, -0.05) is 30.3 Å². The van der Waals surface area contributed by atoms with E-state index in [0.29, 0.717) is 11.1 Å². The van der Waals surface area contributed by atoms with E-state index >= 15 is 0 Å². The van der Waals surface area contributed by atoms with E-state index in [9.17, 15) is 4.79 Å². The molecule has 3 aromatic rings. The van der Waals surface area contributed by atoms with Gasteiger partial charge < -0.3 is 0 Å². The molecule has 0 aliphatic heterocycles. The number of aromatic nitrogens is 2. The second-order valence-corrected chi connectivity index (χ2v) is 4.29. The van der Waals surface area contributed by atoms with Gasteiger partial charge in [0.25, 0.3) is 0 Å². The number of hydrogen-bond donors (Lipinski definition) is 0. The van der Waals surface area contributed by atoms with Gasteiger partial charge in [-0.25, -0.2) is 0 Å². The highest BCUT2D eigenvalue weighted by atomic mass is 16.1. The molecule has 0 fully saturated rings. The Labute approximate surface area is 103 Å². The zero-order valence-corrected chi connectivity index (χ0v) is 9.42. The average Bonchev–Trinajstić information content (AvgIpc) is 2.73. The third-order valence-electron chi connectivity index (χ3n) is 3.33. The quantitative estimate of drug-likeness (QED) is 0.468. The van der Waals surface area contributed by atoms with Crippen LogP contribution in [0.3, 0.4) is 0 Å². The minimum atomic E-state index is 0.0479. The first-order valence-electron chi connectivity index (χ1n) is 5.74. The van der Waals surface area contributed by atoms with Crippen LogP contribution in [-0.2, 0) is 0 Å². The molecule has 18 heavy (non-hydrogen) atoms. The lowest BCUT2D eigenvalue weighted by atomic mass is 10.0. The number of benzene rings is 2. The summed E-state index contributed by atoms with van der Waals surface area (Å²) in [7, 11) is 0. The predicted octanol–water partition coefficient (Wildman–Crippen LogP) is 2.84. The number of rotatable bonds is 0. The third-order valence-corrected chi connectivity index (χ3v) is 3.33. The molecule has 1 heterocycles. The molecule has 0 N–H and O–H groups in total. The third kappa shape index (κ3) is 1.06. The van der Waals surface area contributed by atoms with Crippen molar-refractivity contribution in [2.24, 2.45) is 0 Å². The molecule has 0 bridgehead atoms. The summed E-state index contributed by atoms with van der Waals surface area (Å²) in [6.07, 6.45) is 3.26. The van der Waals surface area contributed by atoms with Gasteiger partial charge in [-0.15, -0.1) is 0 Å². The zero-order valence-electron chi connectivity index (χ0n) is 9.42. The molecule has 0 unspecified atom stereocenters. The normalized spacial score (nSPS) is 12.6. The number of carbonyl (C=O) groups is 1. The van der Waals surface area contributed by atoms with Crippen LogP contribution in [0.15, 0.2) is 48.8 Å². The molecule has 3 heteroatoms. The Balaban J connectivity index is 2.18. The van der Waals surface area contributed by atoms with Crippen LogP contribution in [0.4, 0.5) is 0 Å². The fourth-order valence-electron chi connectivity index (χ4n) is 2.54. The molecule has 0 saturated carbocycles. The Hall–Kier alpha value is -2.55. The summed E-state index contributed by atoms with van der Waals surface area (Å²) in [5.41, 5.74) is 4.84. The maximum atomic E-state index is 12.4. The molecule has 0 amide bonds. The van der Waals surface area contributed by atoms with E-state index in [-0.39, 0.29) is 5.78 Å². The summed E-state index contributed by atoms with van der Waals surface area (Å²) in [4.78, 5) is 21.0. The van der Waals surface area contributed by atoms with E-state index in [1.807, 2.05) is 36.4 Å². The number of fused-ring (bicyclic) bond motifs is 5. The highest BCUT2D eigenvalue weighted by Crippen LogP contribution is 2.38. The molecule has 4 rings (SSSR count). The highest BCUT2D eigenvalue weighted by molar-refractivity contribution is 6.26. The Morgan fingerprint density at radius 1 is 0.778 bits per heavy atom. The van der Waals surface area contributed by atoms with Crippen LogP contribution >= 0.6 is 0 Å². The monoisotopic (exact) mass is 232 g/mol. The van der Waals surface area contributed by atoms with Crippen LogP contribution in [0.2, 0.25) is 0 Å². The van der Waals surface area contributed by atoms with Crippen LogP contribution in [0.25, 0.3) is 22.2 Å².